The molecular weight excluding hydrogens is 516 g/mol. The molecule has 1 heterocycles. The Hall–Kier alpha value is -0.730. The van der Waals surface area contributed by atoms with E-state index in [0.717, 1.165) is 77.2 Å². The summed E-state index contributed by atoms with van der Waals surface area (Å²) in [6.07, 6.45) is 21.3. The van der Waals surface area contributed by atoms with Gasteiger partial charge in [-0.3, -0.25) is 5.73 Å². The minimum atomic E-state index is -1.18. The van der Waals surface area contributed by atoms with Gasteiger partial charge >= 0.3 is 0 Å². The highest BCUT2D eigenvalue weighted by Crippen LogP contribution is 2.60. The van der Waals surface area contributed by atoms with Crippen molar-refractivity contribution in [2.45, 2.75) is 179 Å². The van der Waals surface area contributed by atoms with Crippen molar-refractivity contribution >= 4 is 5.97 Å². The summed E-state index contributed by atoms with van der Waals surface area (Å²) in [5.41, 5.74) is 5.63. The van der Waals surface area contributed by atoms with Crippen molar-refractivity contribution < 1.29 is 30.5 Å². The molecule has 41 heavy (non-hydrogen) atoms. The molecule has 0 bridgehead atoms. The van der Waals surface area contributed by atoms with Gasteiger partial charge in [0.15, 0.2) is 0 Å². The summed E-state index contributed by atoms with van der Waals surface area (Å²) in [4.78, 5) is 11.9. The van der Waals surface area contributed by atoms with Gasteiger partial charge in [0.2, 0.25) is 0 Å². The van der Waals surface area contributed by atoms with E-state index in [9.17, 15) is 25.2 Å². The van der Waals surface area contributed by atoms with Crippen molar-refractivity contribution in [3.63, 3.8) is 0 Å². The number of piperidine rings is 1. The average Bonchev–Trinajstić information content (AvgIpc) is 3.50. The zero-order valence-electron chi connectivity index (χ0n) is 26.2. The van der Waals surface area contributed by atoms with Gasteiger partial charge in [-0.2, -0.15) is 0 Å². The van der Waals surface area contributed by atoms with E-state index < -0.39 is 23.6 Å². The molecule has 1 spiro atoms. The Labute approximate surface area is 250 Å². The average molecular weight is 581 g/mol. The number of carboxylic acids is 1. The van der Waals surface area contributed by atoms with Gasteiger partial charge in [-0.25, -0.2) is 0 Å². The number of carbonyl (C=O) groups excluding carboxylic acids is 1. The van der Waals surface area contributed by atoms with Gasteiger partial charge in [0, 0.05) is 18.3 Å². The first-order chi connectivity index (χ1) is 19.7. The minimum absolute atomic E-state index is 0.196. The Balaban J connectivity index is 1.38. The molecule has 0 aromatic rings. The van der Waals surface area contributed by atoms with Crippen molar-refractivity contribution in [2.75, 3.05) is 6.54 Å². The first-order valence-electron chi connectivity index (χ1n) is 17.5. The monoisotopic (exact) mass is 580 g/mol. The van der Waals surface area contributed by atoms with Crippen LogP contribution in [0, 0.1) is 23.2 Å². The van der Waals surface area contributed by atoms with Crippen LogP contribution in [0.4, 0.5) is 0 Å². The van der Waals surface area contributed by atoms with Crippen LogP contribution in [0.25, 0.3) is 0 Å². The molecular formula is C34H64N2O5. The van der Waals surface area contributed by atoms with Gasteiger partial charge in [0.05, 0.1) is 24.4 Å². The predicted molar refractivity (Wildman–Crippen MR) is 162 cm³/mol. The maximum Gasteiger partial charge on any atom is 0.137 e. The number of nitrogens with two attached hydrogens (primary N) is 2. The second-order valence-electron chi connectivity index (χ2n) is 14.6. The molecule has 240 valence electrons. The summed E-state index contributed by atoms with van der Waals surface area (Å²) in [7, 11) is 0. The first kappa shape index (κ1) is 34.8. The largest absolute Gasteiger partial charge is 0.550 e. The molecule has 3 fully saturated rings. The van der Waals surface area contributed by atoms with Crippen LogP contribution in [0.2, 0.25) is 0 Å². The van der Waals surface area contributed by atoms with E-state index in [1.54, 1.807) is 0 Å². The van der Waals surface area contributed by atoms with E-state index in [-0.39, 0.29) is 17.7 Å². The molecule has 0 aromatic heterocycles. The van der Waals surface area contributed by atoms with E-state index in [4.69, 9.17) is 5.73 Å². The molecule has 7 heteroatoms. The lowest BCUT2D eigenvalue weighted by Crippen LogP contribution is -2.94. The van der Waals surface area contributed by atoms with E-state index in [1.165, 1.54) is 57.8 Å². The van der Waals surface area contributed by atoms with E-state index in [1.807, 2.05) is 0 Å². The van der Waals surface area contributed by atoms with Crippen molar-refractivity contribution in [1.29, 1.82) is 0 Å². The molecule has 0 radical (unpaired) electrons. The van der Waals surface area contributed by atoms with Crippen LogP contribution in [0.15, 0.2) is 0 Å². The van der Waals surface area contributed by atoms with Crippen molar-refractivity contribution in [2.24, 2.45) is 28.9 Å². The van der Waals surface area contributed by atoms with Crippen LogP contribution in [0.1, 0.15) is 155 Å². The number of aliphatic hydroxyl groups is 3. The second kappa shape index (κ2) is 17.5. The zero-order valence-corrected chi connectivity index (χ0v) is 26.2. The molecule has 2 unspecified atom stereocenters. The summed E-state index contributed by atoms with van der Waals surface area (Å²) < 4.78 is 0. The molecule has 3 rings (SSSR count). The number of carboxylic acid groups (broad SMARTS) is 1. The lowest BCUT2D eigenvalue weighted by Gasteiger charge is -2.35. The molecule has 7 nitrogen and oxygen atoms in total. The summed E-state index contributed by atoms with van der Waals surface area (Å²) in [5, 5.41) is 47.0. The van der Waals surface area contributed by atoms with Crippen LogP contribution in [0.5, 0.6) is 0 Å². The Morgan fingerprint density at radius 2 is 1.61 bits per heavy atom. The highest BCUT2D eigenvalue weighted by molar-refractivity contribution is 5.68. The number of carbonyl (C=O) groups is 1. The summed E-state index contributed by atoms with van der Waals surface area (Å²) in [6, 6.07) is 0. The molecule has 3 aliphatic rings. The first-order valence-corrected chi connectivity index (χ1v) is 17.5. The van der Waals surface area contributed by atoms with Crippen molar-refractivity contribution in [1.82, 2.24) is 0 Å². The third kappa shape index (κ3) is 11.4. The third-order valence-electron chi connectivity index (χ3n) is 11.2. The van der Waals surface area contributed by atoms with Gasteiger partial charge in [0.25, 0.3) is 0 Å². The highest BCUT2D eigenvalue weighted by atomic mass is 16.4. The van der Waals surface area contributed by atoms with Gasteiger partial charge in [-0.05, 0) is 87.9 Å². The summed E-state index contributed by atoms with van der Waals surface area (Å²) in [6.45, 7) is 3.30. The number of unbranched alkanes of at least 4 members (excludes halogenated alkanes) is 7. The molecule has 0 aromatic carbocycles. The molecule has 2 saturated carbocycles. The molecule has 7 N–H and O–H groups in total. The SMILES string of the molecule is CCCCCCC[C@H](O)CCCCCC[C@H](C(=O)[O-])[C@H](O)CC[C@]1(O)C[C@@H](CC2CC[NH2+]C(N)C2)C2(CCCC2)C1. The topological polar surface area (TPSA) is 143 Å². The Kier molecular flexibility index (Phi) is 14.9. The van der Waals surface area contributed by atoms with E-state index in [0.29, 0.717) is 31.1 Å². The van der Waals surface area contributed by atoms with Crippen LogP contribution < -0.4 is 16.2 Å². The molecule has 1 saturated heterocycles. The number of aliphatic hydroxyl groups excluding tert-OH is 2. The third-order valence-corrected chi connectivity index (χ3v) is 11.2. The van der Waals surface area contributed by atoms with Crippen LogP contribution in [0.3, 0.4) is 0 Å². The fourth-order valence-electron chi connectivity index (χ4n) is 8.81. The van der Waals surface area contributed by atoms with E-state index >= 15 is 0 Å². The smallest absolute Gasteiger partial charge is 0.137 e. The number of quaternary nitrogens is 1. The van der Waals surface area contributed by atoms with E-state index in [2.05, 4.69) is 12.2 Å². The Bertz CT molecular complexity index is 745. The molecule has 7 atom stereocenters. The van der Waals surface area contributed by atoms with Crippen LogP contribution in [-0.4, -0.2) is 51.8 Å². The van der Waals surface area contributed by atoms with Gasteiger partial charge in [-0.15, -0.1) is 0 Å². The normalized spacial score (nSPS) is 30.0. The highest BCUT2D eigenvalue weighted by Gasteiger charge is 2.54. The maximum absolute atomic E-state index is 11.9. The number of aliphatic carboxylic acids is 1. The van der Waals surface area contributed by atoms with Gasteiger partial charge in [0.1, 0.15) is 6.17 Å². The minimum Gasteiger partial charge on any atom is -0.550 e. The number of rotatable bonds is 20. The quantitative estimate of drug-likeness (QED) is 0.138. The number of hydrogen-bond acceptors (Lipinski definition) is 6. The summed E-state index contributed by atoms with van der Waals surface area (Å²) in [5.74, 6) is -0.930. The van der Waals surface area contributed by atoms with Crippen LogP contribution in [-0.2, 0) is 4.79 Å². The second-order valence-corrected chi connectivity index (χ2v) is 14.6. The fraction of sp³-hybridized carbons (Fsp3) is 0.971. The predicted octanol–water partition coefficient (Wildman–Crippen LogP) is 3.91. The maximum atomic E-state index is 11.9. The van der Waals surface area contributed by atoms with Gasteiger partial charge in [-0.1, -0.05) is 77.6 Å². The molecule has 0 amide bonds. The van der Waals surface area contributed by atoms with Crippen LogP contribution >= 0.6 is 0 Å². The van der Waals surface area contributed by atoms with Gasteiger partial charge < -0.3 is 30.5 Å². The lowest BCUT2D eigenvalue weighted by atomic mass is 9.71. The molecule has 2 aliphatic carbocycles. The van der Waals surface area contributed by atoms with Crippen molar-refractivity contribution in [3.8, 4) is 0 Å². The summed E-state index contributed by atoms with van der Waals surface area (Å²) >= 11 is 0. The standard InChI is InChI=1S/C34H64N2O5/c1-2-3-4-5-8-13-28(37)14-9-6-7-10-15-29(32(39)40)30(38)16-20-34(41)24-27(33(25-34)18-11-12-19-33)22-26-17-21-36-31(35)23-26/h26-31,36-38,41H,2-25,35H2,1H3,(H,39,40)/t26?,27-,28+,29+,30-,31?,34+/m1/s1. The zero-order chi connectivity index (χ0) is 29.7. The lowest BCUT2D eigenvalue weighted by molar-refractivity contribution is -0.699. The molecule has 1 aliphatic heterocycles. The Morgan fingerprint density at radius 3 is 2.22 bits per heavy atom. The van der Waals surface area contributed by atoms with Crippen molar-refractivity contribution in [3.05, 3.63) is 0 Å². The number of hydrogen-bond donors (Lipinski definition) is 5. The Morgan fingerprint density at radius 1 is 0.976 bits per heavy atom. The fourth-order valence-corrected chi connectivity index (χ4v) is 8.81.